The Kier molecular flexibility index (Phi) is 2.12. The van der Waals surface area contributed by atoms with E-state index in [1.54, 1.807) is 0 Å². The largest absolute Gasteiger partial charge is 0.474 e. The zero-order chi connectivity index (χ0) is 8.43. The Morgan fingerprint density at radius 2 is 2.45 bits per heavy atom. The summed E-state index contributed by atoms with van der Waals surface area (Å²) >= 11 is 0. The molecular weight excluding hydrogens is 146 g/mol. The second kappa shape index (κ2) is 2.90. The number of aliphatic imine (C=N–C) groups is 1. The van der Waals surface area contributed by atoms with Crippen LogP contribution in [0.5, 0.6) is 0 Å². The zero-order valence-electron chi connectivity index (χ0n) is 6.57. The normalized spacial score (nSPS) is 23.2. The first-order valence-electron chi connectivity index (χ1n) is 3.55. The number of aliphatic carboxylic acids is 1. The summed E-state index contributed by atoms with van der Waals surface area (Å²) in [7, 11) is 0. The maximum atomic E-state index is 10.3. The third-order valence-electron chi connectivity index (χ3n) is 1.60. The second-order valence-corrected chi connectivity index (χ2v) is 2.85. The minimum Gasteiger partial charge on any atom is -0.474 e. The number of ether oxygens (including phenoxy) is 1. The molecule has 0 aromatic heterocycles. The van der Waals surface area contributed by atoms with Gasteiger partial charge < -0.3 is 9.84 Å². The van der Waals surface area contributed by atoms with Crippen LogP contribution < -0.4 is 0 Å². The van der Waals surface area contributed by atoms with Crippen molar-refractivity contribution in [3.8, 4) is 0 Å². The number of carboxylic acids is 1. The molecule has 0 spiro atoms. The fraction of sp³-hybridized carbons (Fsp3) is 0.714. The molecule has 1 unspecified atom stereocenters. The highest BCUT2D eigenvalue weighted by Crippen LogP contribution is 2.13. The molecule has 1 heterocycles. The molecule has 0 saturated carbocycles. The van der Waals surface area contributed by atoms with Crippen LogP contribution in [-0.2, 0) is 9.53 Å². The van der Waals surface area contributed by atoms with Crippen LogP contribution in [0.1, 0.15) is 13.8 Å². The summed E-state index contributed by atoms with van der Waals surface area (Å²) in [5.74, 6) is -0.910. The summed E-state index contributed by atoms with van der Waals surface area (Å²) in [6.45, 7) is 4.43. The Labute approximate surface area is 64.9 Å². The molecule has 0 aromatic rings. The van der Waals surface area contributed by atoms with Gasteiger partial charge in [-0.3, -0.25) is 0 Å². The van der Waals surface area contributed by atoms with Crippen LogP contribution in [0.25, 0.3) is 0 Å². The molecule has 1 rings (SSSR count). The highest BCUT2D eigenvalue weighted by Gasteiger charge is 2.26. The van der Waals surface area contributed by atoms with Gasteiger partial charge >= 0.3 is 5.97 Å². The van der Waals surface area contributed by atoms with Crippen LogP contribution >= 0.6 is 0 Å². The Morgan fingerprint density at radius 3 is 2.73 bits per heavy atom. The van der Waals surface area contributed by atoms with Gasteiger partial charge in [-0.15, -0.1) is 0 Å². The number of carboxylic acid groups (broad SMARTS) is 1. The third kappa shape index (κ3) is 1.69. The molecule has 4 heteroatoms. The lowest BCUT2D eigenvalue weighted by molar-refractivity contribution is -0.131. The predicted molar refractivity (Wildman–Crippen MR) is 39.6 cm³/mol. The highest BCUT2D eigenvalue weighted by atomic mass is 16.5. The van der Waals surface area contributed by atoms with Crippen LogP contribution in [0.2, 0.25) is 0 Å². The summed E-state index contributed by atoms with van der Waals surface area (Å²) in [4.78, 5) is 14.0. The monoisotopic (exact) mass is 157 g/mol. The van der Waals surface area contributed by atoms with Crippen LogP contribution in [0.15, 0.2) is 4.99 Å². The molecule has 0 aromatic carbocycles. The quantitative estimate of drug-likeness (QED) is 0.635. The number of carbonyl (C=O) groups is 1. The van der Waals surface area contributed by atoms with Crippen LogP contribution in [0, 0.1) is 5.92 Å². The number of hydrogen-bond donors (Lipinski definition) is 1. The first kappa shape index (κ1) is 8.04. The van der Waals surface area contributed by atoms with Gasteiger partial charge in [0.2, 0.25) is 0 Å². The lowest BCUT2D eigenvalue weighted by Gasteiger charge is -2.12. The zero-order valence-corrected chi connectivity index (χ0v) is 6.57. The van der Waals surface area contributed by atoms with Gasteiger partial charge in [0, 0.05) is 0 Å². The number of hydrogen-bond acceptors (Lipinski definition) is 3. The standard InChI is InChI=1S/C7H11NO3/c1-4(2)5-3-8-6(11-5)7(9)10/h4-5H,3H2,1-2H3,(H,9,10). The summed E-state index contributed by atoms with van der Waals surface area (Å²) in [5.41, 5.74) is 0. The molecule has 0 radical (unpaired) electrons. The van der Waals surface area contributed by atoms with Gasteiger partial charge in [0.15, 0.2) is 0 Å². The predicted octanol–water partition coefficient (Wildman–Crippen LogP) is 0.524. The molecule has 0 bridgehead atoms. The van der Waals surface area contributed by atoms with Crippen LogP contribution in [-0.4, -0.2) is 29.6 Å². The van der Waals surface area contributed by atoms with Crippen molar-refractivity contribution in [3.05, 3.63) is 0 Å². The summed E-state index contributed by atoms with van der Waals surface area (Å²) < 4.78 is 5.03. The lowest BCUT2D eigenvalue weighted by Crippen LogP contribution is -2.22. The number of rotatable bonds is 2. The average Bonchev–Trinajstić information content (AvgIpc) is 2.33. The van der Waals surface area contributed by atoms with Crippen molar-refractivity contribution in [2.24, 2.45) is 10.9 Å². The molecule has 11 heavy (non-hydrogen) atoms. The maximum Gasteiger partial charge on any atom is 0.391 e. The topological polar surface area (TPSA) is 58.9 Å². The van der Waals surface area contributed by atoms with Crippen molar-refractivity contribution in [2.45, 2.75) is 20.0 Å². The highest BCUT2D eigenvalue weighted by molar-refractivity contribution is 6.32. The van der Waals surface area contributed by atoms with Crippen LogP contribution in [0.4, 0.5) is 0 Å². The van der Waals surface area contributed by atoms with Gasteiger partial charge in [0.05, 0.1) is 6.54 Å². The van der Waals surface area contributed by atoms with Crippen molar-refractivity contribution < 1.29 is 14.6 Å². The Morgan fingerprint density at radius 1 is 1.82 bits per heavy atom. The summed E-state index contributed by atoms with van der Waals surface area (Å²) in [6, 6.07) is 0. The molecule has 1 N–H and O–H groups in total. The van der Waals surface area contributed by atoms with E-state index < -0.39 is 5.97 Å². The van der Waals surface area contributed by atoms with Gasteiger partial charge in [-0.25, -0.2) is 9.79 Å². The van der Waals surface area contributed by atoms with E-state index in [-0.39, 0.29) is 12.0 Å². The van der Waals surface area contributed by atoms with Crippen LogP contribution in [0.3, 0.4) is 0 Å². The molecule has 1 atom stereocenters. The third-order valence-corrected chi connectivity index (χ3v) is 1.60. The van der Waals surface area contributed by atoms with Crippen molar-refractivity contribution in [1.82, 2.24) is 0 Å². The lowest BCUT2D eigenvalue weighted by atomic mass is 10.1. The summed E-state index contributed by atoms with van der Waals surface area (Å²) in [6.07, 6.45) is -0.0545. The second-order valence-electron chi connectivity index (χ2n) is 2.85. The van der Waals surface area contributed by atoms with Gasteiger partial charge in [0.25, 0.3) is 5.90 Å². The van der Waals surface area contributed by atoms with E-state index in [4.69, 9.17) is 9.84 Å². The first-order valence-corrected chi connectivity index (χ1v) is 3.55. The summed E-state index contributed by atoms with van der Waals surface area (Å²) in [5, 5.41) is 8.46. The average molecular weight is 157 g/mol. The molecule has 0 amide bonds. The van der Waals surface area contributed by atoms with E-state index in [1.165, 1.54) is 0 Å². The van der Waals surface area contributed by atoms with E-state index in [0.717, 1.165) is 0 Å². The molecule has 0 aliphatic carbocycles. The molecule has 4 nitrogen and oxygen atoms in total. The maximum absolute atomic E-state index is 10.3. The van der Waals surface area contributed by atoms with Gasteiger partial charge in [-0.2, -0.15) is 0 Å². The fourth-order valence-electron chi connectivity index (χ4n) is 0.856. The molecule has 1 aliphatic heterocycles. The molecule has 0 saturated heterocycles. The first-order chi connectivity index (χ1) is 5.11. The minimum absolute atomic E-state index is 0.0545. The van der Waals surface area contributed by atoms with Crippen molar-refractivity contribution >= 4 is 11.9 Å². The Bertz CT molecular complexity index is 198. The van der Waals surface area contributed by atoms with Crippen molar-refractivity contribution in [1.29, 1.82) is 0 Å². The fourth-order valence-corrected chi connectivity index (χ4v) is 0.856. The SMILES string of the molecule is CC(C)C1CN=C(C(=O)O)O1. The number of nitrogens with zero attached hydrogens (tertiary/aromatic N) is 1. The molecule has 62 valence electrons. The molecule has 0 fully saturated rings. The van der Waals surface area contributed by atoms with Crippen molar-refractivity contribution in [3.63, 3.8) is 0 Å². The minimum atomic E-state index is -1.08. The van der Waals surface area contributed by atoms with E-state index in [2.05, 4.69) is 4.99 Å². The van der Waals surface area contributed by atoms with Gasteiger partial charge in [-0.1, -0.05) is 13.8 Å². The Balaban J connectivity index is 2.49. The Hall–Kier alpha value is -1.06. The van der Waals surface area contributed by atoms with E-state index in [9.17, 15) is 4.79 Å². The van der Waals surface area contributed by atoms with Crippen molar-refractivity contribution in [2.75, 3.05) is 6.54 Å². The van der Waals surface area contributed by atoms with E-state index in [0.29, 0.717) is 12.5 Å². The molecule has 1 aliphatic rings. The van der Waals surface area contributed by atoms with E-state index >= 15 is 0 Å². The molecular formula is C7H11NO3. The van der Waals surface area contributed by atoms with Gasteiger partial charge in [-0.05, 0) is 5.92 Å². The van der Waals surface area contributed by atoms with E-state index in [1.807, 2.05) is 13.8 Å². The van der Waals surface area contributed by atoms with Gasteiger partial charge in [0.1, 0.15) is 6.10 Å². The smallest absolute Gasteiger partial charge is 0.391 e.